The monoisotopic (exact) mass is 398 g/mol. The molecule has 0 aromatic heterocycles. The van der Waals surface area contributed by atoms with Gasteiger partial charge >= 0.3 is 5.97 Å². The van der Waals surface area contributed by atoms with E-state index in [1.807, 2.05) is 0 Å². The number of hydrogen-bond donors (Lipinski definition) is 0. The van der Waals surface area contributed by atoms with Crippen molar-refractivity contribution in [3.63, 3.8) is 0 Å². The van der Waals surface area contributed by atoms with Crippen molar-refractivity contribution in [2.45, 2.75) is 70.8 Å². The first-order valence-electron chi connectivity index (χ1n) is 10.4. The Hall–Kier alpha value is -1.56. The van der Waals surface area contributed by atoms with Crippen LogP contribution in [0.5, 0.6) is 5.75 Å². The van der Waals surface area contributed by atoms with Gasteiger partial charge in [0.1, 0.15) is 5.75 Å². The van der Waals surface area contributed by atoms with Gasteiger partial charge in [-0.2, -0.15) is 0 Å². The first kappa shape index (κ1) is 21.2. The molecule has 0 N–H and O–H groups in total. The number of carbonyl (C=O) groups is 1. The zero-order valence-electron chi connectivity index (χ0n) is 16.4. The van der Waals surface area contributed by atoms with Crippen LogP contribution in [0.25, 0.3) is 0 Å². The number of ether oxygens (including phenoxy) is 2. The Morgan fingerprint density at radius 3 is 2.07 bits per heavy atom. The van der Waals surface area contributed by atoms with E-state index < -0.39 is 23.4 Å². The lowest BCUT2D eigenvalue weighted by atomic mass is 9.81. The highest BCUT2D eigenvalue weighted by atomic mass is 19.2. The van der Waals surface area contributed by atoms with Crippen LogP contribution in [-0.4, -0.2) is 18.7 Å². The van der Waals surface area contributed by atoms with E-state index in [1.165, 1.54) is 32.1 Å². The largest absolute Gasteiger partial charge is 0.426 e. The van der Waals surface area contributed by atoms with Gasteiger partial charge in [0.2, 0.25) is 0 Å². The van der Waals surface area contributed by atoms with E-state index in [-0.39, 0.29) is 17.8 Å². The standard InChI is InChI=1S/C22H29F3O3/c1-2-14-3-5-15(6-4-14)13-27-17-9-7-16(8-10-17)22(26)28-18-11-19(23)21(25)20(24)12-18/h11-12,14-17H,2-10,13H2,1H3/t14-,15-,16-,17-. The average Bonchev–Trinajstić information content (AvgIpc) is 2.71. The van der Waals surface area contributed by atoms with Gasteiger partial charge in [0, 0.05) is 18.7 Å². The van der Waals surface area contributed by atoms with Gasteiger partial charge in [0.25, 0.3) is 0 Å². The summed E-state index contributed by atoms with van der Waals surface area (Å²) in [4.78, 5) is 12.2. The fraction of sp³-hybridized carbons (Fsp3) is 0.682. The Balaban J connectivity index is 1.39. The molecule has 1 aromatic carbocycles. The number of halogens is 3. The third kappa shape index (κ3) is 5.49. The van der Waals surface area contributed by atoms with Crippen LogP contribution in [0.2, 0.25) is 0 Å². The number of esters is 1. The van der Waals surface area contributed by atoms with Crippen LogP contribution in [-0.2, 0) is 9.53 Å². The van der Waals surface area contributed by atoms with Gasteiger partial charge in [-0.15, -0.1) is 0 Å². The maximum absolute atomic E-state index is 13.2. The Morgan fingerprint density at radius 1 is 0.929 bits per heavy atom. The first-order valence-corrected chi connectivity index (χ1v) is 10.4. The minimum atomic E-state index is -1.57. The van der Waals surface area contributed by atoms with Crippen LogP contribution in [0.3, 0.4) is 0 Å². The van der Waals surface area contributed by atoms with E-state index in [0.717, 1.165) is 25.4 Å². The van der Waals surface area contributed by atoms with Crippen molar-refractivity contribution in [3.8, 4) is 5.75 Å². The summed E-state index contributed by atoms with van der Waals surface area (Å²) in [5, 5.41) is 0. The van der Waals surface area contributed by atoms with Gasteiger partial charge in [-0.3, -0.25) is 4.79 Å². The lowest BCUT2D eigenvalue weighted by molar-refractivity contribution is -0.141. The van der Waals surface area contributed by atoms with Crippen molar-refractivity contribution in [2.24, 2.45) is 17.8 Å². The summed E-state index contributed by atoms with van der Waals surface area (Å²) in [6.45, 7) is 3.05. The van der Waals surface area contributed by atoms with E-state index in [2.05, 4.69) is 6.92 Å². The molecular weight excluding hydrogens is 369 g/mol. The number of benzene rings is 1. The predicted octanol–water partition coefficient (Wildman–Crippen LogP) is 5.80. The van der Waals surface area contributed by atoms with Gasteiger partial charge in [0.05, 0.1) is 12.0 Å². The van der Waals surface area contributed by atoms with Crippen molar-refractivity contribution in [2.75, 3.05) is 6.61 Å². The maximum Gasteiger partial charge on any atom is 0.314 e. The van der Waals surface area contributed by atoms with Crippen LogP contribution in [0, 0.1) is 35.2 Å². The van der Waals surface area contributed by atoms with E-state index >= 15 is 0 Å². The second kappa shape index (κ2) is 9.77. The SMILES string of the molecule is CC[C@H]1CC[C@H](CO[C@H]2CC[C@H](C(=O)Oc3cc(F)c(F)c(F)c3)CC2)CC1. The van der Waals surface area contributed by atoms with Crippen LogP contribution in [0.15, 0.2) is 12.1 Å². The molecule has 0 saturated heterocycles. The van der Waals surface area contributed by atoms with Gasteiger partial charge in [0.15, 0.2) is 17.5 Å². The summed E-state index contributed by atoms with van der Waals surface area (Å²) in [5.41, 5.74) is 0. The van der Waals surface area contributed by atoms with Crippen LogP contribution in [0.4, 0.5) is 13.2 Å². The fourth-order valence-corrected chi connectivity index (χ4v) is 4.33. The van der Waals surface area contributed by atoms with Crippen LogP contribution >= 0.6 is 0 Å². The molecular formula is C22H29F3O3. The molecule has 2 aliphatic rings. The summed E-state index contributed by atoms with van der Waals surface area (Å²) in [7, 11) is 0. The Morgan fingerprint density at radius 2 is 1.50 bits per heavy atom. The van der Waals surface area contributed by atoms with Crippen LogP contribution < -0.4 is 4.74 Å². The molecule has 0 spiro atoms. The highest BCUT2D eigenvalue weighted by Gasteiger charge is 2.29. The van der Waals surface area contributed by atoms with Gasteiger partial charge in [-0.05, 0) is 50.4 Å². The molecule has 0 atom stereocenters. The number of rotatable bonds is 6. The Labute approximate surface area is 164 Å². The fourth-order valence-electron chi connectivity index (χ4n) is 4.33. The number of carbonyl (C=O) groups excluding carboxylic acids is 1. The molecule has 3 nitrogen and oxygen atoms in total. The van der Waals surface area contributed by atoms with Crippen molar-refractivity contribution in [1.82, 2.24) is 0 Å². The molecule has 0 aliphatic heterocycles. The van der Waals surface area contributed by atoms with Gasteiger partial charge in [-0.25, -0.2) is 13.2 Å². The molecule has 1 aromatic rings. The Bertz CT molecular complexity index is 640. The summed E-state index contributed by atoms with van der Waals surface area (Å²) in [5.74, 6) is -3.93. The van der Waals surface area contributed by atoms with E-state index in [9.17, 15) is 18.0 Å². The zero-order valence-corrected chi connectivity index (χ0v) is 16.4. The molecule has 0 unspecified atom stereocenters. The maximum atomic E-state index is 13.2. The molecule has 2 aliphatic carbocycles. The molecule has 0 bridgehead atoms. The summed E-state index contributed by atoms with van der Waals surface area (Å²) >= 11 is 0. The third-order valence-corrected chi connectivity index (χ3v) is 6.29. The predicted molar refractivity (Wildman–Crippen MR) is 99.4 cm³/mol. The molecule has 0 radical (unpaired) electrons. The smallest absolute Gasteiger partial charge is 0.314 e. The average molecular weight is 398 g/mol. The van der Waals surface area contributed by atoms with E-state index in [1.54, 1.807) is 0 Å². The molecule has 6 heteroatoms. The highest BCUT2D eigenvalue weighted by Crippen LogP contribution is 2.33. The molecule has 0 heterocycles. The zero-order chi connectivity index (χ0) is 20.1. The van der Waals surface area contributed by atoms with E-state index in [4.69, 9.17) is 9.47 Å². The minimum absolute atomic E-state index is 0.161. The van der Waals surface area contributed by atoms with E-state index in [0.29, 0.717) is 30.9 Å². The molecule has 3 rings (SSSR count). The lowest BCUT2D eigenvalue weighted by Gasteiger charge is -2.31. The summed E-state index contributed by atoms with van der Waals surface area (Å²) in [6, 6.07) is 1.39. The lowest BCUT2D eigenvalue weighted by Crippen LogP contribution is -2.30. The quantitative estimate of drug-likeness (QED) is 0.345. The van der Waals surface area contributed by atoms with Crippen molar-refractivity contribution in [3.05, 3.63) is 29.6 Å². The number of hydrogen-bond acceptors (Lipinski definition) is 3. The normalized spacial score (nSPS) is 28.1. The third-order valence-electron chi connectivity index (χ3n) is 6.29. The minimum Gasteiger partial charge on any atom is -0.426 e. The van der Waals surface area contributed by atoms with Crippen molar-refractivity contribution >= 4 is 5.97 Å². The molecule has 28 heavy (non-hydrogen) atoms. The summed E-state index contributed by atoms with van der Waals surface area (Å²) < 4.78 is 50.6. The Kier molecular flexibility index (Phi) is 7.38. The van der Waals surface area contributed by atoms with Gasteiger partial charge in [-0.1, -0.05) is 26.2 Å². The van der Waals surface area contributed by atoms with Crippen LogP contribution in [0.1, 0.15) is 64.7 Å². The molecule has 2 saturated carbocycles. The second-order valence-corrected chi connectivity index (χ2v) is 8.22. The molecule has 2 fully saturated rings. The molecule has 0 amide bonds. The van der Waals surface area contributed by atoms with Crippen molar-refractivity contribution in [1.29, 1.82) is 0 Å². The second-order valence-electron chi connectivity index (χ2n) is 8.22. The first-order chi connectivity index (χ1) is 13.5. The van der Waals surface area contributed by atoms with Crippen molar-refractivity contribution < 1.29 is 27.4 Å². The summed E-state index contributed by atoms with van der Waals surface area (Å²) in [6.07, 6.45) is 9.30. The highest BCUT2D eigenvalue weighted by molar-refractivity contribution is 5.75. The van der Waals surface area contributed by atoms with Gasteiger partial charge < -0.3 is 9.47 Å². The molecule has 156 valence electrons. The topological polar surface area (TPSA) is 35.5 Å².